The van der Waals surface area contributed by atoms with Crippen LogP contribution in [0.5, 0.6) is 0 Å². The third-order valence-electron chi connectivity index (χ3n) is 3.64. The van der Waals surface area contributed by atoms with Crippen molar-refractivity contribution in [3.8, 4) is 11.3 Å². The van der Waals surface area contributed by atoms with Gasteiger partial charge in [0.2, 0.25) is 10.0 Å². The number of nitrogens with one attached hydrogen (secondary N) is 2. The number of halogens is 1. The van der Waals surface area contributed by atoms with Gasteiger partial charge in [0.1, 0.15) is 11.6 Å². The molecule has 0 fully saturated rings. The van der Waals surface area contributed by atoms with E-state index in [0.29, 0.717) is 0 Å². The number of sulfonamides is 1. The number of hydrogen-bond donors (Lipinski definition) is 2. The summed E-state index contributed by atoms with van der Waals surface area (Å²) in [7, 11) is -2.32. The lowest BCUT2D eigenvalue weighted by Gasteiger charge is -2.06. The first-order valence-electron chi connectivity index (χ1n) is 7.60. The van der Waals surface area contributed by atoms with Gasteiger partial charge in [0.05, 0.1) is 10.5 Å². The first-order valence-corrected chi connectivity index (χ1v) is 9.09. The van der Waals surface area contributed by atoms with Crippen molar-refractivity contribution in [1.82, 2.24) is 4.72 Å². The second-order valence-corrected chi connectivity index (χ2v) is 7.22. The molecule has 0 aliphatic heterocycles. The molecule has 0 aliphatic rings. The monoisotopic (exact) mass is 374 g/mol. The molecule has 8 heteroatoms. The SMILES string of the molecule is CNS(=O)(=O)c1cccc(NC(=O)c2ccc(-c3ccccc3F)o2)c1. The van der Waals surface area contributed by atoms with Gasteiger partial charge in [-0.1, -0.05) is 18.2 Å². The molecule has 1 heterocycles. The van der Waals surface area contributed by atoms with E-state index in [1.165, 1.54) is 43.4 Å². The molecule has 1 amide bonds. The Morgan fingerprint density at radius 1 is 1.04 bits per heavy atom. The molecule has 3 rings (SSSR count). The molecule has 0 saturated heterocycles. The van der Waals surface area contributed by atoms with Crippen LogP contribution in [0.1, 0.15) is 10.6 Å². The fourth-order valence-electron chi connectivity index (χ4n) is 2.32. The van der Waals surface area contributed by atoms with Crippen LogP contribution in [-0.4, -0.2) is 21.4 Å². The van der Waals surface area contributed by atoms with E-state index in [0.717, 1.165) is 0 Å². The third-order valence-corrected chi connectivity index (χ3v) is 5.05. The summed E-state index contributed by atoms with van der Waals surface area (Å²) in [6.45, 7) is 0. The van der Waals surface area contributed by atoms with Crippen molar-refractivity contribution in [3.63, 3.8) is 0 Å². The summed E-state index contributed by atoms with van der Waals surface area (Å²) in [4.78, 5) is 12.3. The second-order valence-electron chi connectivity index (χ2n) is 5.33. The first-order chi connectivity index (χ1) is 12.4. The highest BCUT2D eigenvalue weighted by Gasteiger charge is 2.16. The van der Waals surface area contributed by atoms with E-state index in [1.807, 2.05) is 0 Å². The van der Waals surface area contributed by atoms with Crippen molar-refractivity contribution < 1.29 is 22.0 Å². The summed E-state index contributed by atoms with van der Waals surface area (Å²) < 4.78 is 45.1. The number of rotatable bonds is 5. The molecule has 3 aromatic rings. The van der Waals surface area contributed by atoms with Crippen LogP contribution in [0.25, 0.3) is 11.3 Å². The molecule has 26 heavy (non-hydrogen) atoms. The van der Waals surface area contributed by atoms with Gasteiger partial charge in [-0.15, -0.1) is 0 Å². The summed E-state index contributed by atoms with van der Waals surface area (Å²) in [5.41, 5.74) is 0.531. The number of hydrogen-bond acceptors (Lipinski definition) is 4. The molecule has 2 N–H and O–H groups in total. The molecule has 0 aliphatic carbocycles. The van der Waals surface area contributed by atoms with Crippen LogP contribution in [0.3, 0.4) is 0 Å². The molecule has 0 unspecified atom stereocenters. The topological polar surface area (TPSA) is 88.4 Å². The molecule has 0 radical (unpaired) electrons. The molecule has 134 valence electrons. The van der Waals surface area contributed by atoms with E-state index in [1.54, 1.807) is 24.3 Å². The highest BCUT2D eigenvalue weighted by Crippen LogP contribution is 2.25. The fourth-order valence-corrected chi connectivity index (χ4v) is 3.09. The third kappa shape index (κ3) is 3.66. The van der Waals surface area contributed by atoms with E-state index in [-0.39, 0.29) is 27.7 Å². The van der Waals surface area contributed by atoms with Gasteiger partial charge in [-0.05, 0) is 49.5 Å². The van der Waals surface area contributed by atoms with Gasteiger partial charge in [0.25, 0.3) is 5.91 Å². The van der Waals surface area contributed by atoms with Crippen molar-refractivity contribution in [2.45, 2.75) is 4.90 Å². The van der Waals surface area contributed by atoms with Gasteiger partial charge in [-0.3, -0.25) is 4.79 Å². The van der Waals surface area contributed by atoms with Crippen LogP contribution in [0.15, 0.2) is 70.0 Å². The van der Waals surface area contributed by atoms with Crippen molar-refractivity contribution in [2.75, 3.05) is 12.4 Å². The fraction of sp³-hybridized carbons (Fsp3) is 0.0556. The van der Waals surface area contributed by atoms with E-state index < -0.39 is 21.7 Å². The lowest BCUT2D eigenvalue weighted by Crippen LogP contribution is -2.19. The average molecular weight is 374 g/mol. The van der Waals surface area contributed by atoms with Crippen molar-refractivity contribution in [1.29, 1.82) is 0 Å². The summed E-state index contributed by atoms with van der Waals surface area (Å²) in [6.07, 6.45) is 0. The Kier molecular flexibility index (Phi) is 4.88. The number of carbonyl (C=O) groups excluding carboxylic acids is 1. The summed E-state index contributed by atoms with van der Waals surface area (Å²) in [5.74, 6) is -0.838. The van der Waals surface area contributed by atoms with E-state index in [2.05, 4.69) is 10.0 Å². The number of carbonyl (C=O) groups is 1. The van der Waals surface area contributed by atoms with E-state index in [4.69, 9.17) is 4.42 Å². The Bertz CT molecular complexity index is 1060. The highest BCUT2D eigenvalue weighted by atomic mass is 32.2. The molecule has 0 bridgehead atoms. The Morgan fingerprint density at radius 3 is 2.54 bits per heavy atom. The van der Waals surface area contributed by atoms with E-state index in [9.17, 15) is 17.6 Å². The van der Waals surface area contributed by atoms with Gasteiger partial charge in [-0.25, -0.2) is 17.5 Å². The summed E-state index contributed by atoms with van der Waals surface area (Å²) >= 11 is 0. The van der Waals surface area contributed by atoms with Crippen LogP contribution in [0, 0.1) is 5.82 Å². The Labute approximate surface area is 149 Å². The van der Waals surface area contributed by atoms with Crippen LogP contribution < -0.4 is 10.0 Å². The lowest BCUT2D eigenvalue weighted by atomic mass is 10.1. The van der Waals surface area contributed by atoms with Gasteiger partial charge < -0.3 is 9.73 Å². The number of amides is 1. The maximum atomic E-state index is 13.8. The minimum absolute atomic E-state index is 0.0179. The van der Waals surface area contributed by atoms with Gasteiger partial charge in [0, 0.05) is 5.69 Å². The molecular formula is C18H15FN2O4S. The Balaban J connectivity index is 1.82. The molecule has 0 spiro atoms. The molecule has 0 atom stereocenters. The summed E-state index contributed by atoms with van der Waals surface area (Å²) in [6, 6.07) is 14.8. The van der Waals surface area contributed by atoms with Crippen LogP contribution >= 0.6 is 0 Å². The van der Waals surface area contributed by atoms with Crippen molar-refractivity contribution in [2.24, 2.45) is 0 Å². The predicted molar refractivity (Wildman–Crippen MR) is 94.7 cm³/mol. The van der Waals surface area contributed by atoms with Crippen molar-refractivity contribution in [3.05, 3.63) is 72.2 Å². The normalized spacial score (nSPS) is 11.3. The highest BCUT2D eigenvalue weighted by molar-refractivity contribution is 7.89. The molecule has 2 aromatic carbocycles. The smallest absolute Gasteiger partial charge is 0.291 e. The van der Waals surface area contributed by atoms with Crippen LogP contribution in [-0.2, 0) is 10.0 Å². The molecular weight excluding hydrogens is 359 g/mol. The predicted octanol–water partition coefficient (Wildman–Crippen LogP) is 3.25. The number of furan rings is 1. The number of anilines is 1. The molecule has 1 aromatic heterocycles. The zero-order valence-corrected chi connectivity index (χ0v) is 14.5. The van der Waals surface area contributed by atoms with Gasteiger partial charge >= 0.3 is 0 Å². The first kappa shape index (κ1) is 17.8. The van der Waals surface area contributed by atoms with Crippen molar-refractivity contribution >= 4 is 21.6 Å². The van der Waals surface area contributed by atoms with Crippen LogP contribution in [0.4, 0.5) is 10.1 Å². The molecule has 0 saturated carbocycles. The Morgan fingerprint density at radius 2 is 1.81 bits per heavy atom. The Hall–Kier alpha value is -2.97. The second kappa shape index (κ2) is 7.11. The molecule has 6 nitrogen and oxygen atoms in total. The minimum Gasteiger partial charge on any atom is -0.451 e. The zero-order chi connectivity index (χ0) is 18.7. The van der Waals surface area contributed by atoms with Gasteiger partial charge in [-0.2, -0.15) is 0 Å². The lowest BCUT2D eigenvalue weighted by molar-refractivity contribution is 0.0997. The number of benzene rings is 2. The zero-order valence-electron chi connectivity index (χ0n) is 13.7. The van der Waals surface area contributed by atoms with Crippen LogP contribution in [0.2, 0.25) is 0 Å². The average Bonchev–Trinajstić information content (AvgIpc) is 3.12. The minimum atomic E-state index is -3.62. The maximum absolute atomic E-state index is 13.8. The van der Waals surface area contributed by atoms with Gasteiger partial charge in [0.15, 0.2) is 5.76 Å². The summed E-state index contributed by atoms with van der Waals surface area (Å²) in [5, 5.41) is 2.56. The standard InChI is InChI=1S/C18H15FN2O4S/c1-20-26(23,24)13-6-4-5-12(11-13)21-18(22)17-10-9-16(25-17)14-7-2-3-8-15(14)19/h2-11,20H,1H3,(H,21,22). The quantitative estimate of drug-likeness (QED) is 0.718. The maximum Gasteiger partial charge on any atom is 0.291 e. The largest absolute Gasteiger partial charge is 0.451 e. The van der Waals surface area contributed by atoms with E-state index >= 15 is 0 Å².